The molecule has 0 bridgehead atoms. The molecule has 1 atom stereocenters. The van der Waals surface area contributed by atoms with E-state index in [-0.39, 0.29) is 12.3 Å². The molecule has 0 amide bonds. The van der Waals surface area contributed by atoms with Gasteiger partial charge in [-0.1, -0.05) is 32.6 Å². The average molecular weight is 230 g/mol. The summed E-state index contributed by atoms with van der Waals surface area (Å²) >= 11 is 0. The molecule has 0 aliphatic carbocycles. The molecule has 0 heterocycles. The summed E-state index contributed by atoms with van der Waals surface area (Å²) in [5.41, 5.74) is 0. The summed E-state index contributed by atoms with van der Waals surface area (Å²) in [6, 6.07) is 0. The minimum absolute atomic E-state index is 0.140. The average Bonchev–Trinajstić information content (AvgIpc) is 2.21. The minimum Gasteiger partial charge on any atom is -0.481 e. The molecule has 16 heavy (non-hydrogen) atoms. The lowest BCUT2D eigenvalue weighted by Gasteiger charge is -2.11. The summed E-state index contributed by atoms with van der Waals surface area (Å²) in [5, 5.41) is 17.4. The molecular formula is C12H22O4. The second kappa shape index (κ2) is 9.19. The molecular weight excluding hydrogens is 208 g/mol. The van der Waals surface area contributed by atoms with E-state index in [1.165, 1.54) is 0 Å². The number of carbonyl (C=O) groups is 2. The lowest BCUT2D eigenvalue weighted by molar-refractivity contribution is -0.142. The summed E-state index contributed by atoms with van der Waals surface area (Å²) in [4.78, 5) is 21.2. The Morgan fingerprint density at radius 1 is 1.00 bits per heavy atom. The Morgan fingerprint density at radius 3 is 2.00 bits per heavy atom. The zero-order chi connectivity index (χ0) is 12.4. The lowest BCUT2D eigenvalue weighted by atomic mass is 9.95. The fraction of sp³-hybridized carbons (Fsp3) is 0.833. The van der Waals surface area contributed by atoms with Crippen molar-refractivity contribution in [1.82, 2.24) is 0 Å². The SMILES string of the molecule is CCCCCC(CCCCC(=O)O)C(=O)O. The fourth-order valence-corrected chi connectivity index (χ4v) is 1.70. The predicted molar refractivity (Wildman–Crippen MR) is 61.4 cm³/mol. The van der Waals surface area contributed by atoms with Crippen LogP contribution in [0.3, 0.4) is 0 Å². The highest BCUT2D eigenvalue weighted by Crippen LogP contribution is 2.17. The van der Waals surface area contributed by atoms with E-state index in [0.29, 0.717) is 19.3 Å². The summed E-state index contributed by atoms with van der Waals surface area (Å²) in [6.07, 6.45) is 5.84. The summed E-state index contributed by atoms with van der Waals surface area (Å²) in [6.45, 7) is 2.09. The van der Waals surface area contributed by atoms with Crippen molar-refractivity contribution < 1.29 is 19.8 Å². The van der Waals surface area contributed by atoms with Gasteiger partial charge in [0, 0.05) is 6.42 Å². The molecule has 0 aromatic heterocycles. The molecule has 0 spiro atoms. The van der Waals surface area contributed by atoms with Crippen molar-refractivity contribution >= 4 is 11.9 Å². The van der Waals surface area contributed by atoms with Crippen LogP contribution >= 0.6 is 0 Å². The van der Waals surface area contributed by atoms with Crippen LogP contribution in [0, 0.1) is 5.92 Å². The van der Waals surface area contributed by atoms with Crippen molar-refractivity contribution in [3.63, 3.8) is 0 Å². The number of hydrogen-bond acceptors (Lipinski definition) is 2. The molecule has 0 saturated heterocycles. The quantitative estimate of drug-likeness (QED) is 0.566. The molecule has 0 aromatic rings. The Bertz CT molecular complexity index is 213. The minimum atomic E-state index is -0.808. The number of carboxylic acid groups (broad SMARTS) is 2. The van der Waals surface area contributed by atoms with Gasteiger partial charge in [-0.3, -0.25) is 9.59 Å². The second-order valence-electron chi connectivity index (χ2n) is 4.17. The summed E-state index contributed by atoms with van der Waals surface area (Å²) in [7, 11) is 0. The summed E-state index contributed by atoms with van der Waals surface area (Å²) < 4.78 is 0. The van der Waals surface area contributed by atoms with Gasteiger partial charge >= 0.3 is 11.9 Å². The van der Waals surface area contributed by atoms with Gasteiger partial charge in [0.2, 0.25) is 0 Å². The van der Waals surface area contributed by atoms with Crippen LogP contribution in [0.25, 0.3) is 0 Å². The smallest absolute Gasteiger partial charge is 0.306 e. The van der Waals surface area contributed by atoms with Crippen molar-refractivity contribution in [2.45, 2.75) is 58.3 Å². The Kier molecular flexibility index (Phi) is 8.58. The van der Waals surface area contributed by atoms with Crippen LogP contribution in [0.2, 0.25) is 0 Å². The molecule has 0 rings (SSSR count). The number of rotatable bonds is 10. The van der Waals surface area contributed by atoms with Gasteiger partial charge in [0.05, 0.1) is 5.92 Å². The van der Waals surface area contributed by atoms with Gasteiger partial charge in [-0.2, -0.15) is 0 Å². The molecule has 4 nitrogen and oxygen atoms in total. The number of unbranched alkanes of at least 4 members (excludes halogenated alkanes) is 3. The standard InChI is InChI=1S/C12H22O4/c1-2-3-4-7-10(12(15)16)8-5-6-9-11(13)14/h10H,2-9H2,1H3,(H,13,14)(H,15,16). The molecule has 0 fully saturated rings. The molecule has 0 aliphatic heterocycles. The van der Waals surface area contributed by atoms with Gasteiger partial charge in [0.1, 0.15) is 0 Å². The normalized spacial score (nSPS) is 12.3. The van der Waals surface area contributed by atoms with E-state index in [2.05, 4.69) is 6.92 Å². The third-order valence-electron chi connectivity index (χ3n) is 2.70. The van der Waals surface area contributed by atoms with E-state index in [4.69, 9.17) is 10.2 Å². The molecule has 94 valence electrons. The van der Waals surface area contributed by atoms with E-state index in [0.717, 1.165) is 25.7 Å². The van der Waals surface area contributed by atoms with Crippen molar-refractivity contribution in [2.24, 2.45) is 5.92 Å². The van der Waals surface area contributed by atoms with Gasteiger partial charge in [-0.05, 0) is 19.3 Å². The topological polar surface area (TPSA) is 74.6 Å². The molecule has 0 saturated carbocycles. The number of hydrogen-bond donors (Lipinski definition) is 2. The molecule has 0 aliphatic rings. The maximum Gasteiger partial charge on any atom is 0.306 e. The van der Waals surface area contributed by atoms with Crippen LogP contribution in [0.5, 0.6) is 0 Å². The summed E-state index contributed by atoms with van der Waals surface area (Å²) in [5.74, 6) is -1.84. The maximum atomic E-state index is 10.9. The van der Waals surface area contributed by atoms with E-state index in [1.54, 1.807) is 0 Å². The van der Waals surface area contributed by atoms with Crippen LogP contribution in [-0.4, -0.2) is 22.2 Å². The monoisotopic (exact) mass is 230 g/mol. The first kappa shape index (κ1) is 14.9. The van der Waals surface area contributed by atoms with Crippen LogP contribution in [0.4, 0.5) is 0 Å². The third kappa shape index (κ3) is 8.26. The van der Waals surface area contributed by atoms with Crippen molar-refractivity contribution in [1.29, 1.82) is 0 Å². The molecule has 4 heteroatoms. The van der Waals surface area contributed by atoms with Gasteiger partial charge < -0.3 is 10.2 Å². The highest BCUT2D eigenvalue weighted by atomic mass is 16.4. The van der Waals surface area contributed by atoms with E-state index >= 15 is 0 Å². The van der Waals surface area contributed by atoms with E-state index in [1.807, 2.05) is 0 Å². The van der Waals surface area contributed by atoms with Gasteiger partial charge in [-0.25, -0.2) is 0 Å². The highest BCUT2D eigenvalue weighted by molar-refractivity contribution is 5.69. The van der Waals surface area contributed by atoms with Crippen LogP contribution in [0.1, 0.15) is 58.3 Å². The highest BCUT2D eigenvalue weighted by Gasteiger charge is 2.16. The first-order valence-electron chi connectivity index (χ1n) is 6.02. The fourth-order valence-electron chi connectivity index (χ4n) is 1.70. The largest absolute Gasteiger partial charge is 0.481 e. The van der Waals surface area contributed by atoms with Gasteiger partial charge in [0.15, 0.2) is 0 Å². The molecule has 1 unspecified atom stereocenters. The Hall–Kier alpha value is -1.06. The first-order valence-corrected chi connectivity index (χ1v) is 6.02. The number of carboxylic acids is 2. The Labute approximate surface area is 96.7 Å². The predicted octanol–water partition coefficient (Wildman–Crippen LogP) is 2.91. The number of aliphatic carboxylic acids is 2. The second-order valence-corrected chi connectivity index (χ2v) is 4.17. The van der Waals surface area contributed by atoms with Crippen LogP contribution < -0.4 is 0 Å². The molecule has 0 aromatic carbocycles. The van der Waals surface area contributed by atoms with Gasteiger partial charge in [0.25, 0.3) is 0 Å². The zero-order valence-electron chi connectivity index (χ0n) is 9.95. The van der Waals surface area contributed by atoms with Crippen LogP contribution in [-0.2, 0) is 9.59 Å². The van der Waals surface area contributed by atoms with Crippen molar-refractivity contribution in [3.8, 4) is 0 Å². The van der Waals surface area contributed by atoms with Gasteiger partial charge in [-0.15, -0.1) is 0 Å². The maximum absolute atomic E-state index is 10.9. The zero-order valence-corrected chi connectivity index (χ0v) is 9.95. The van der Waals surface area contributed by atoms with Crippen molar-refractivity contribution in [3.05, 3.63) is 0 Å². The lowest BCUT2D eigenvalue weighted by Crippen LogP contribution is -2.13. The Morgan fingerprint density at radius 2 is 1.56 bits per heavy atom. The third-order valence-corrected chi connectivity index (χ3v) is 2.70. The molecule has 2 N–H and O–H groups in total. The Balaban J connectivity index is 3.68. The van der Waals surface area contributed by atoms with Crippen molar-refractivity contribution in [2.75, 3.05) is 0 Å². The molecule has 0 radical (unpaired) electrons. The van der Waals surface area contributed by atoms with E-state index < -0.39 is 11.9 Å². The first-order chi connectivity index (χ1) is 7.57. The van der Waals surface area contributed by atoms with Crippen LogP contribution in [0.15, 0.2) is 0 Å². The van der Waals surface area contributed by atoms with E-state index in [9.17, 15) is 9.59 Å².